The van der Waals surface area contributed by atoms with Crippen molar-refractivity contribution < 1.29 is 4.74 Å². The summed E-state index contributed by atoms with van der Waals surface area (Å²) in [6, 6.07) is 3.45. The number of hydrogen-bond donors (Lipinski definition) is 0. The fourth-order valence-electron chi connectivity index (χ4n) is 1.25. The van der Waals surface area contributed by atoms with Crippen LogP contribution in [0, 0.1) is 0 Å². The molecule has 82 valence electrons. The second-order valence-electron chi connectivity index (χ2n) is 2.70. The number of nitrogens with zero attached hydrogens (tertiary/aromatic N) is 1. The maximum atomic E-state index is 6.02. The summed E-state index contributed by atoms with van der Waals surface area (Å²) >= 11 is 13.5. The number of rotatable bonds is 2. The van der Waals surface area contributed by atoms with Crippen LogP contribution >= 0.6 is 35.0 Å². The Morgan fingerprint density at radius 2 is 2.07 bits per heavy atom. The van der Waals surface area contributed by atoms with Crippen molar-refractivity contribution in [2.24, 2.45) is 4.99 Å². The van der Waals surface area contributed by atoms with Crippen LogP contribution in [0.5, 0.6) is 5.75 Å². The smallest absolute Gasteiger partial charge is 0.147 e. The molecule has 0 amide bonds. The van der Waals surface area contributed by atoms with Crippen LogP contribution in [-0.2, 0) is 0 Å². The Morgan fingerprint density at radius 3 is 2.53 bits per heavy atom. The van der Waals surface area contributed by atoms with Crippen molar-refractivity contribution in [3.63, 3.8) is 0 Å². The van der Waals surface area contributed by atoms with Crippen molar-refractivity contribution in [3.05, 3.63) is 27.7 Å². The van der Waals surface area contributed by atoms with E-state index in [4.69, 9.17) is 27.9 Å². The topological polar surface area (TPSA) is 21.6 Å². The summed E-state index contributed by atoms with van der Waals surface area (Å²) in [6.07, 6.45) is 1.94. The summed E-state index contributed by atoms with van der Waals surface area (Å²) in [7, 11) is 3.30. The lowest BCUT2D eigenvalue weighted by molar-refractivity contribution is 0.414. The standard InChI is InChI=1S/C10H11Cl2NOS/c1-13-10(15-3)7-4-6(11)5-8(12)9(7)14-2/h4-5H,1-3H3. The first-order valence-electron chi connectivity index (χ1n) is 4.18. The minimum atomic E-state index is 0.496. The zero-order valence-electron chi connectivity index (χ0n) is 8.67. The molecular formula is C10H11Cl2NOS. The zero-order chi connectivity index (χ0) is 11.4. The van der Waals surface area contributed by atoms with Crippen molar-refractivity contribution in [3.8, 4) is 5.75 Å². The van der Waals surface area contributed by atoms with Gasteiger partial charge in [-0.05, 0) is 18.4 Å². The summed E-state index contributed by atoms with van der Waals surface area (Å²) in [6.45, 7) is 0. The molecule has 0 unspecified atom stereocenters. The summed E-state index contributed by atoms with van der Waals surface area (Å²) < 4.78 is 5.23. The SMILES string of the molecule is CN=C(SC)c1cc(Cl)cc(Cl)c1OC. The minimum absolute atomic E-state index is 0.496. The molecule has 0 saturated heterocycles. The van der Waals surface area contributed by atoms with Crippen LogP contribution in [0.3, 0.4) is 0 Å². The molecule has 0 spiro atoms. The van der Waals surface area contributed by atoms with Crippen molar-refractivity contribution in [2.75, 3.05) is 20.4 Å². The second kappa shape index (κ2) is 5.64. The third kappa shape index (κ3) is 2.80. The highest BCUT2D eigenvalue weighted by molar-refractivity contribution is 8.13. The van der Waals surface area contributed by atoms with Crippen LogP contribution in [0.4, 0.5) is 0 Å². The molecule has 0 aliphatic heterocycles. The molecule has 0 fully saturated rings. The highest BCUT2D eigenvalue weighted by atomic mass is 35.5. The van der Waals surface area contributed by atoms with Gasteiger partial charge in [-0.25, -0.2) is 0 Å². The van der Waals surface area contributed by atoms with Gasteiger partial charge >= 0.3 is 0 Å². The number of hydrogen-bond acceptors (Lipinski definition) is 3. The fraction of sp³-hybridized carbons (Fsp3) is 0.300. The molecule has 2 nitrogen and oxygen atoms in total. The Balaban J connectivity index is 3.38. The predicted octanol–water partition coefficient (Wildman–Crippen LogP) is 3.74. The first kappa shape index (κ1) is 12.7. The summed E-state index contributed by atoms with van der Waals surface area (Å²) in [5, 5.41) is 1.91. The van der Waals surface area contributed by atoms with E-state index in [0.29, 0.717) is 15.8 Å². The minimum Gasteiger partial charge on any atom is -0.494 e. The number of halogens is 2. The number of methoxy groups -OCH3 is 1. The first-order valence-corrected chi connectivity index (χ1v) is 6.16. The van der Waals surface area contributed by atoms with E-state index in [1.807, 2.05) is 6.26 Å². The van der Waals surface area contributed by atoms with E-state index in [2.05, 4.69) is 4.99 Å². The van der Waals surface area contributed by atoms with Gasteiger partial charge in [-0.15, -0.1) is 11.8 Å². The molecule has 1 aromatic rings. The van der Waals surface area contributed by atoms with Crippen molar-refractivity contribution >= 4 is 40.0 Å². The summed E-state index contributed by atoms with van der Waals surface area (Å²) in [4.78, 5) is 4.15. The molecule has 0 aliphatic rings. The molecule has 1 aromatic carbocycles. The molecule has 0 aliphatic carbocycles. The fourth-order valence-corrected chi connectivity index (χ4v) is 2.37. The molecule has 15 heavy (non-hydrogen) atoms. The van der Waals surface area contributed by atoms with E-state index in [1.54, 1.807) is 26.3 Å². The van der Waals surface area contributed by atoms with Gasteiger partial charge in [0.15, 0.2) is 0 Å². The molecule has 0 radical (unpaired) electrons. The van der Waals surface area contributed by atoms with Gasteiger partial charge in [0.1, 0.15) is 10.8 Å². The van der Waals surface area contributed by atoms with Gasteiger partial charge in [0.2, 0.25) is 0 Å². The van der Waals surface area contributed by atoms with Gasteiger partial charge in [0.05, 0.1) is 17.7 Å². The average Bonchev–Trinajstić information content (AvgIpc) is 2.19. The van der Waals surface area contributed by atoms with Gasteiger partial charge in [-0.2, -0.15) is 0 Å². The van der Waals surface area contributed by atoms with E-state index in [-0.39, 0.29) is 0 Å². The van der Waals surface area contributed by atoms with E-state index in [0.717, 1.165) is 10.6 Å². The molecule has 0 bridgehead atoms. The number of ether oxygens (including phenoxy) is 1. The van der Waals surface area contributed by atoms with E-state index in [1.165, 1.54) is 11.8 Å². The van der Waals surface area contributed by atoms with Crippen LogP contribution in [0.2, 0.25) is 10.0 Å². The second-order valence-corrected chi connectivity index (χ2v) is 4.34. The lowest BCUT2D eigenvalue weighted by atomic mass is 10.2. The zero-order valence-corrected chi connectivity index (χ0v) is 11.0. The molecule has 5 heteroatoms. The molecule has 0 heterocycles. The van der Waals surface area contributed by atoms with Crippen LogP contribution in [0.15, 0.2) is 17.1 Å². The van der Waals surface area contributed by atoms with E-state index in [9.17, 15) is 0 Å². The maximum absolute atomic E-state index is 6.02. The maximum Gasteiger partial charge on any atom is 0.147 e. The molecule has 0 atom stereocenters. The van der Waals surface area contributed by atoms with E-state index >= 15 is 0 Å². The highest BCUT2D eigenvalue weighted by Crippen LogP contribution is 2.34. The quantitative estimate of drug-likeness (QED) is 0.599. The normalized spacial score (nSPS) is 11.7. The number of thioether (sulfide) groups is 1. The molecule has 0 saturated carbocycles. The molecular weight excluding hydrogens is 253 g/mol. The van der Waals surface area contributed by atoms with Gasteiger partial charge in [-0.3, -0.25) is 4.99 Å². The van der Waals surface area contributed by atoms with E-state index < -0.39 is 0 Å². The van der Waals surface area contributed by atoms with Gasteiger partial charge in [0.25, 0.3) is 0 Å². The Kier molecular flexibility index (Phi) is 4.77. The number of aliphatic imine (C=N–C) groups is 1. The third-order valence-electron chi connectivity index (χ3n) is 1.84. The predicted molar refractivity (Wildman–Crippen MR) is 69.0 cm³/mol. The van der Waals surface area contributed by atoms with Crippen molar-refractivity contribution in [1.29, 1.82) is 0 Å². The number of benzene rings is 1. The monoisotopic (exact) mass is 263 g/mol. The summed E-state index contributed by atoms with van der Waals surface area (Å²) in [5.41, 5.74) is 0.824. The first-order chi connectivity index (χ1) is 7.13. The van der Waals surface area contributed by atoms with Crippen LogP contribution < -0.4 is 4.74 Å². The van der Waals surface area contributed by atoms with Crippen molar-refractivity contribution in [2.45, 2.75) is 0 Å². The third-order valence-corrected chi connectivity index (χ3v) is 3.13. The lowest BCUT2D eigenvalue weighted by Gasteiger charge is -2.11. The highest BCUT2D eigenvalue weighted by Gasteiger charge is 2.13. The Bertz CT molecular complexity index is 393. The van der Waals surface area contributed by atoms with Crippen LogP contribution in [0.1, 0.15) is 5.56 Å². The summed E-state index contributed by atoms with van der Waals surface area (Å²) in [5.74, 6) is 0.607. The molecule has 0 aromatic heterocycles. The Hall–Kier alpha value is -0.380. The Morgan fingerprint density at radius 1 is 1.40 bits per heavy atom. The average molecular weight is 264 g/mol. The largest absolute Gasteiger partial charge is 0.494 e. The molecule has 1 rings (SSSR count). The van der Waals surface area contributed by atoms with Crippen LogP contribution in [0.25, 0.3) is 0 Å². The Labute approximate surface area is 104 Å². The van der Waals surface area contributed by atoms with Gasteiger partial charge in [0, 0.05) is 12.1 Å². The van der Waals surface area contributed by atoms with Gasteiger partial charge < -0.3 is 4.74 Å². The van der Waals surface area contributed by atoms with Crippen molar-refractivity contribution in [1.82, 2.24) is 0 Å². The molecule has 0 N–H and O–H groups in total. The van der Waals surface area contributed by atoms with Gasteiger partial charge in [-0.1, -0.05) is 23.2 Å². The lowest BCUT2D eigenvalue weighted by Crippen LogP contribution is -1.99. The van der Waals surface area contributed by atoms with Crippen LogP contribution in [-0.4, -0.2) is 25.5 Å².